The molecule has 5 heteroatoms. The summed E-state index contributed by atoms with van der Waals surface area (Å²) in [4.78, 5) is 33.6. The van der Waals surface area contributed by atoms with E-state index in [1.807, 2.05) is 6.08 Å². The third kappa shape index (κ3) is 1.43. The number of carboxylic acids is 2. The van der Waals surface area contributed by atoms with Gasteiger partial charge in [0, 0.05) is 5.41 Å². The number of fused-ring (bicyclic) bond motifs is 2. The maximum absolute atomic E-state index is 12.0. The highest BCUT2D eigenvalue weighted by atomic mass is 16.4. The summed E-state index contributed by atoms with van der Waals surface area (Å²) in [6.07, 6.45) is 5.58. The fourth-order valence-electron chi connectivity index (χ4n) is 2.67. The Morgan fingerprint density at radius 2 is 1.88 bits per heavy atom. The number of aliphatic carboxylic acids is 2. The minimum absolute atomic E-state index is 0.312. The van der Waals surface area contributed by atoms with Crippen molar-refractivity contribution in [3.8, 4) is 0 Å². The van der Waals surface area contributed by atoms with Crippen molar-refractivity contribution in [1.29, 1.82) is 0 Å². The fourth-order valence-corrected chi connectivity index (χ4v) is 2.67. The average Bonchev–Trinajstić information content (AvgIpc) is 2.76. The third-order valence-corrected chi connectivity index (χ3v) is 3.52. The van der Waals surface area contributed by atoms with Crippen molar-refractivity contribution in [3.05, 3.63) is 12.2 Å². The van der Waals surface area contributed by atoms with Gasteiger partial charge in [-0.05, 0) is 25.2 Å². The van der Waals surface area contributed by atoms with E-state index in [0.29, 0.717) is 18.8 Å². The Balaban J connectivity index is 2.27. The van der Waals surface area contributed by atoms with Crippen molar-refractivity contribution in [3.63, 3.8) is 0 Å². The first-order valence-corrected chi connectivity index (χ1v) is 5.15. The van der Waals surface area contributed by atoms with Crippen LogP contribution in [0.15, 0.2) is 12.2 Å². The smallest absolute Gasteiger partial charge is 0.325 e. The van der Waals surface area contributed by atoms with Gasteiger partial charge in [0.25, 0.3) is 0 Å². The van der Waals surface area contributed by atoms with Gasteiger partial charge in [0.2, 0.25) is 5.92 Å². The molecule has 0 radical (unpaired) electrons. The Hall–Kier alpha value is -1.65. The number of allylic oxidation sites excluding steroid dienone is 2. The van der Waals surface area contributed by atoms with E-state index in [2.05, 4.69) is 0 Å². The molecule has 2 atom stereocenters. The van der Waals surface area contributed by atoms with Crippen LogP contribution in [0.25, 0.3) is 0 Å². The van der Waals surface area contributed by atoms with Gasteiger partial charge in [0.05, 0.1) is 0 Å². The van der Waals surface area contributed by atoms with E-state index in [4.69, 9.17) is 10.2 Å². The summed E-state index contributed by atoms with van der Waals surface area (Å²) in [6.45, 7) is 0. The summed E-state index contributed by atoms with van der Waals surface area (Å²) in [6, 6.07) is 0. The first kappa shape index (κ1) is 10.9. The van der Waals surface area contributed by atoms with E-state index in [1.54, 1.807) is 6.08 Å². The number of rotatable bonds is 4. The molecule has 2 aliphatic carbocycles. The topological polar surface area (TPSA) is 91.7 Å². The third-order valence-electron chi connectivity index (χ3n) is 3.52. The van der Waals surface area contributed by atoms with E-state index < -0.39 is 29.1 Å². The lowest BCUT2D eigenvalue weighted by Crippen LogP contribution is -2.40. The second kappa shape index (κ2) is 3.43. The standard InChI is InChI=1S/C11H12O5/c12-8(7(9(13)14)10(15)16)11-3-1-6(5-11)2-4-11/h1,3,6-7H,2,4-5H2,(H,13,14)(H,15,16). The minimum atomic E-state index is -1.93. The van der Waals surface area contributed by atoms with E-state index in [0.717, 1.165) is 6.42 Å². The Kier molecular flexibility index (Phi) is 2.33. The molecule has 5 nitrogen and oxygen atoms in total. The van der Waals surface area contributed by atoms with Crippen molar-refractivity contribution in [2.24, 2.45) is 17.3 Å². The number of carboxylic acid groups (broad SMARTS) is 2. The van der Waals surface area contributed by atoms with E-state index >= 15 is 0 Å². The molecule has 1 fully saturated rings. The second-order valence-corrected chi connectivity index (χ2v) is 4.49. The SMILES string of the molecule is O=C(O)C(C(=O)O)C(=O)C12C=CC(CC1)C2. The highest BCUT2D eigenvalue weighted by Crippen LogP contribution is 2.50. The van der Waals surface area contributed by atoms with Crippen LogP contribution in [0.2, 0.25) is 0 Å². The van der Waals surface area contributed by atoms with Crippen LogP contribution >= 0.6 is 0 Å². The van der Waals surface area contributed by atoms with Gasteiger partial charge in [-0.15, -0.1) is 0 Å². The summed E-state index contributed by atoms with van der Waals surface area (Å²) in [5, 5.41) is 17.5. The number of hydrogen-bond acceptors (Lipinski definition) is 3. The highest BCUT2D eigenvalue weighted by molar-refractivity contribution is 6.16. The predicted molar refractivity (Wildman–Crippen MR) is 52.7 cm³/mol. The van der Waals surface area contributed by atoms with Gasteiger partial charge in [-0.25, -0.2) is 0 Å². The molecule has 0 aromatic carbocycles. The number of carbonyl (C=O) groups excluding carboxylic acids is 1. The van der Waals surface area contributed by atoms with Crippen molar-refractivity contribution >= 4 is 17.7 Å². The normalized spacial score (nSPS) is 30.9. The second-order valence-electron chi connectivity index (χ2n) is 4.49. The summed E-state index contributed by atoms with van der Waals surface area (Å²) in [5.41, 5.74) is -0.827. The molecular formula is C11H12O5. The van der Waals surface area contributed by atoms with E-state index in [9.17, 15) is 14.4 Å². The van der Waals surface area contributed by atoms with E-state index in [-0.39, 0.29) is 0 Å². The molecule has 86 valence electrons. The Labute approximate surface area is 91.8 Å². The molecule has 2 aliphatic rings. The summed E-state index contributed by atoms with van der Waals surface area (Å²) in [5.74, 6) is -5.44. The largest absolute Gasteiger partial charge is 0.480 e. The number of carbonyl (C=O) groups is 3. The van der Waals surface area contributed by atoms with Gasteiger partial charge in [-0.3, -0.25) is 14.4 Å². The van der Waals surface area contributed by atoms with E-state index in [1.165, 1.54) is 0 Å². The zero-order valence-electron chi connectivity index (χ0n) is 8.55. The lowest BCUT2D eigenvalue weighted by atomic mass is 9.77. The van der Waals surface area contributed by atoms with Gasteiger partial charge < -0.3 is 10.2 Å². The van der Waals surface area contributed by atoms with Gasteiger partial charge >= 0.3 is 11.9 Å². The molecule has 2 rings (SSSR count). The maximum atomic E-state index is 12.0. The first-order chi connectivity index (χ1) is 7.46. The predicted octanol–water partition coefficient (Wildman–Crippen LogP) is 0.697. The quantitative estimate of drug-likeness (QED) is 0.541. The average molecular weight is 224 g/mol. The Morgan fingerprint density at radius 3 is 2.19 bits per heavy atom. The number of Topliss-reactive ketones (excluding diaryl/α,β-unsaturated/α-hetero) is 1. The molecule has 1 saturated carbocycles. The summed E-state index contributed by atoms with van der Waals surface area (Å²) >= 11 is 0. The molecule has 2 bridgehead atoms. The first-order valence-electron chi connectivity index (χ1n) is 5.15. The zero-order valence-corrected chi connectivity index (χ0v) is 8.55. The molecule has 0 spiro atoms. The number of ketones is 1. The molecule has 0 amide bonds. The highest BCUT2D eigenvalue weighted by Gasteiger charge is 2.52. The van der Waals surface area contributed by atoms with Crippen LogP contribution in [0.4, 0.5) is 0 Å². The van der Waals surface area contributed by atoms with Crippen LogP contribution in [-0.4, -0.2) is 27.9 Å². The maximum Gasteiger partial charge on any atom is 0.325 e. The van der Waals surface area contributed by atoms with Gasteiger partial charge in [-0.2, -0.15) is 0 Å². The van der Waals surface area contributed by atoms with Gasteiger partial charge in [-0.1, -0.05) is 12.2 Å². The molecular weight excluding hydrogens is 212 g/mol. The molecule has 0 aromatic rings. The fraction of sp³-hybridized carbons (Fsp3) is 0.545. The van der Waals surface area contributed by atoms with Crippen LogP contribution in [0.1, 0.15) is 19.3 Å². The summed E-state index contributed by atoms with van der Waals surface area (Å²) < 4.78 is 0. The van der Waals surface area contributed by atoms with Crippen molar-refractivity contribution in [2.45, 2.75) is 19.3 Å². The molecule has 0 saturated heterocycles. The van der Waals surface area contributed by atoms with Crippen LogP contribution in [0, 0.1) is 17.3 Å². The summed E-state index contributed by atoms with van der Waals surface area (Å²) in [7, 11) is 0. The Bertz CT molecular complexity index is 383. The molecule has 2 unspecified atom stereocenters. The molecule has 16 heavy (non-hydrogen) atoms. The Morgan fingerprint density at radius 1 is 1.25 bits per heavy atom. The minimum Gasteiger partial charge on any atom is -0.480 e. The van der Waals surface area contributed by atoms with Gasteiger partial charge in [0.1, 0.15) is 0 Å². The van der Waals surface area contributed by atoms with Crippen molar-refractivity contribution in [1.82, 2.24) is 0 Å². The lowest BCUT2D eigenvalue weighted by Gasteiger charge is -2.23. The van der Waals surface area contributed by atoms with Crippen LogP contribution in [-0.2, 0) is 14.4 Å². The lowest BCUT2D eigenvalue weighted by molar-refractivity contribution is -0.159. The molecule has 0 aromatic heterocycles. The van der Waals surface area contributed by atoms with Gasteiger partial charge in [0.15, 0.2) is 5.78 Å². The van der Waals surface area contributed by atoms with Crippen molar-refractivity contribution in [2.75, 3.05) is 0 Å². The van der Waals surface area contributed by atoms with Crippen LogP contribution in [0.5, 0.6) is 0 Å². The number of hydrogen-bond donors (Lipinski definition) is 2. The molecule has 0 aliphatic heterocycles. The van der Waals surface area contributed by atoms with Crippen LogP contribution in [0.3, 0.4) is 0 Å². The monoisotopic (exact) mass is 224 g/mol. The van der Waals surface area contributed by atoms with Crippen LogP contribution < -0.4 is 0 Å². The molecule has 0 heterocycles. The van der Waals surface area contributed by atoms with Crippen molar-refractivity contribution < 1.29 is 24.6 Å². The zero-order chi connectivity index (χ0) is 11.9. The molecule has 2 N–H and O–H groups in total.